The molecule has 2 rings (SSSR count). The quantitative estimate of drug-likeness (QED) is 0.871. The topological polar surface area (TPSA) is 56.7 Å². The van der Waals surface area contributed by atoms with Crippen molar-refractivity contribution in [3.63, 3.8) is 0 Å². The Hall–Kier alpha value is -0.980. The average Bonchev–Trinajstić information content (AvgIpc) is 2.53. The highest BCUT2D eigenvalue weighted by atomic mass is 32.1. The Kier molecular flexibility index (Phi) is 4.54. The number of aliphatic hydroxyl groups excluding tert-OH is 1. The molecular formula is C13H21N3O2S. The van der Waals surface area contributed by atoms with Crippen molar-refractivity contribution < 1.29 is 9.90 Å². The second-order valence-corrected chi connectivity index (χ2v) is 6.39. The number of carbonyl (C=O) groups excluding carboxylic acids is 1. The number of aryl methyl sites for hydroxylation is 2. The number of aliphatic hydroxyl groups is 1. The van der Waals surface area contributed by atoms with Crippen LogP contribution in [0.15, 0.2) is 0 Å². The lowest BCUT2D eigenvalue weighted by atomic mass is 10.3. The summed E-state index contributed by atoms with van der Waals surface area (Å²) in [6.07, 6.45) is -0.478. The van der Waals surface area contributed by atoms with Gasteiger partial charge in [0.2, 0.25) is 5.91 Å². The number of aromatic nitrogens is 1. The molecule has 106 valence electrons. The van der Waals surface area contributed by atoms with Crippen molar-refractivity contribution in [3.8, 4) is 0 Å². The molecule has 1 aromatic heterocycles. The summed E-state index contributed by atoms with van der Waals surface area (Å²) in [5, 5.41) is 11.0. The minimum absolute atomic E-state index is 0.0295. The molecule has 19 heavy (non-hydrogen) atoms. The van der Waals surface area contributed by atoms with Crippen LogP contribution in [0.25, 0.3) is 0 Å². The van der Waals surface area contributed by atoms with E-state index in [1.807, 2.05) is 6.92 Å². The maximum Gasteiger partial charge on any atom is 0.219 e. The van der Waals surface area contributed by atoms with Gasteiger partial charge in [0, 0.05) is 38.0 Å². The molecule has 1 aromatic rings. The molecule has 0 radical (unpaired) electrons. The van der Waals surface area contributed by atoms with E-state index < -0.39 is 6.10 Å². The van der Waals surface area contributed by atoms with E-state index in [0.717, 1.165) is 23.8 Å². The summed E-state index contributed by atoms with van der Waals surface area (Å²) in [6.45, 7) is 8.89. The fourth-order valence-electron chi connectivity index (χ4n) is 2.28. The average molecular weight is 283 g/mol. The summed E-state index contributed by atoms with van der Waals surface area (Å²) in [5.74, 6) is 0.0295. The van der Waals surface area contributed by atoms with Gasteiger partial charge in [-0.25, -0.2) is 4.98 Å². The van der Waals surface area contributed by atoms with Crippen LogP contribution < -0.4 is 0 Å². The largest absolute Gasteiger partial charge is 0.390 e. The van der Waals surface area contributed by atoms with E-state index in [4.69, 9.17) is 0 Å². The molecule has 0 bridgehead atoms. The lowest BCUT2D eigenvalue weighted by Crippen LogP contribution is -2.36. The standard InChI is InChI=1S/C13H21N3O2S/c1-9-10(2)19-13(14-9)8-15-4-5-16(11(3)17)7-12(18)6-15/h12,18H,4-8H2,1-3H3/t12-/m0/s1. The first-order valence-electron chi connectivity index (χ1n) is 6.54. The third-order valence-corrected chi connectivity index (χ3v) is 4.52. The molecular weight excluding hydrogens is 262 g/mol. The number of hydrogen-bond donors (Lipinski definition) is 1. The van der Waals surface area contributed by atoms with E-state index in [0.29, 0.717) is 19.6 Å². The van der Waals surface area contributed by atoms with Gasteiger partial charge in [-0.2, -0.15) is 0 Å². The normalized spacial score (nSPS) is 21.5. The van der Waals surface area contributed by atoms with E-state index in [2.05, 4.69) is 16.8 Å². The molecule has 5 nitrogen and oxygen atoms in total. The van der Waals surface area contributed by atoms with Gasteiger partial charge in [0.05, 0.1) is 18.3 Å². The van der Waals surface area contributed by atoms with Crippen LogP contribution in [-0.2, 0) is 11.3 Å². The van der Waals surface area contributed by atoms with Gasteiger partial charge in [-0.1, -0.05) is 0 Å². The summed E-state index contributed by atoms with van der Waals surface area (Å²) in [7, 11) is 0. The molecule has 2 heterocycles. The third kappa shape index (κ3) is 3.75. The maximum atomic E-state index is 11.4. The van der Waals surface area contributed by atoms with E-state index in [1.165, 1.54) is 4.88 Å². The van der Waals surface area contributed by atoms with E-state index in [-0.39, 0.29) is 5.91 Å². The van der Waals surface area contributed by atoms with Crippen molar-refractivity contribution in [2.75, 3.05) is 26.2 Å². The summed E-state index contributed by atoms with van der Waals surface area (Å²) in [4.78, 5) is 21.1. The molecule has 0 saturated carbocycles. The van der Waals surface area contributed by atoms with Crippen molar-refractivity contribution in [1.82, 2.24) is 14.8 Å². The number of β-amino-alcohol motifs (C(OH)–C–C–N with tert-alkyl or cyclic N) is 1. The first kappa shape index (κ1) is 14.4. The van der Waals surface area contributed by atoms with Crippen LogP contribution in [-0.4, -0.2) is 58.1 Å². The Bertz CT molecular complexity index is 441. The third-order valence-electron chi connectivity index (χ3n) is 3.46. The Morgan fingerprint density at radius 2 is 2.16 bits per heavy atom. The van der Waals surface area contributed by atoms with Crippen molar-refractivity contribution in [1.29, 1.82) is 0 Å². The van der Waals surface area contributed by atoms with Gasteiger partial charge in [0.15, 0.2) is 0 Å². The van der Waals surface area contributed by atoms with Gasteiger partial charge in [0.25, 0.3) is 0 Å². The number of rotatable bonds is 2. The van der Waals surface area contributed by atoms with Crippen LogP contribution in [0.1, 0.15) is 22.5 Å². The number of thiazole rings is 1. The van der Waals surface area contributed by atoms with Gasteiger partial charge in [0.1, 0.15) is 5.01 Å². The molecule has 0 unspecified atom stereocenters. The van der Waals surface area contributed by atoms with E-state index in [9.17, 15) is 9.90 Å². The molecule has 0 aliphatic carbocycles. The maximum absolute atomic E-state index is 11.4. The zero-order chi connectivity index (χ0) is 14.0. The van der Waals surface area contributed by atoms with Gasteiger partial charge < -0.3 is 10.0 Å². The monoisotopic (exact) mass is 283 g/mol. The summed E-state index contributed by atoms with van der Waals surface area (Å²) in [5.41, 5.74) is 1.08. The van der Waals surface area contributed by atoms with Crippen LogP contribution in [0.5, 0.6) is 0 Å². The highest BCUT2D eigenvalue weighted by Gasteiger charge is 2.23. The minimum Gasteiger partial charge on any atom is -0.390 e. The van der Waals surface area contributed by atoms with Crippen molar-refractivity contribution in [2.24, 2.45) is 0 Å². The molecule has 1 amide bonds. The summed E-state index contributed by atoms with van der Waals surface area (Å²) >= 11 is 1.71. The van der Waals surface area contributed by atoms with Crippen LogP contribution in [0.2, 0.25) is 0 Å². The molecule has 1 saturated heterocycles. The fraction of sp³-hybridized carbons (Fsp3) is 0.692. The van der Waals surface area contributed by atoms with E-state index in [1.54, 1.807) is 23.2 Å². The minimum atomic E-state index is -0.478. The predicted octanol–water partition coefficient (Wildman–Crippen LogP) is 0.785. The smallest absolute Gasteiger partial charge is 0.219 e. The van der Waals surface area contributed by atoms with Gasteiger partial charge >= 0.3 is 0 Å². The predicted molar refractivity (Wildman–Crippen MR) is 75.1 cm³/mol. The molecule has 6 heteroatoms. The Morgan fingerprint density at radius 3 is 2.74 bits per heavy atom. The molecule has 0 spiro atoms. The van der Waals surface area contributed by atoms with Gasteiger partial charge in [-0.05, 0) is 13.8 Å². The van der Waals surface area contributed by atoms with Crippen LogP contribution in [0.3, 0.4) is 0 Å². The number of hydrogen-bond acceptors (Lipinski definition) is 5. The molecule has 1 atom stereocenters. The lowest BCUT2D eigenvalue weighted by molar-refractivity contribution is -0.129. The van der Waals surface area contributed by atoms with Crippen LogP contribution in [0, 0.1) is 13.8 Å². The summed E-state index contributed by atoms with van der Waals surface area (Å²) < 4.78 is 0. The number of nitrogens with zero attached hydrogens (tertiary/aromatic N) is 3. The van der Waals surface area contributed by atoms with E-state index >= 15 is 0 Å². The molecule has 1 aliphatic heterocycles. The SMILES string of the molecule is CC(=O)N1CCN(Cc2nc(C)c(C)s2)C[C@H](O)C1. The Morgan fingerprint density at radius 1 is 1.42 bits per heavy atom. The van der Waals surface area contributed by atoms with Crippen LogP contribution in [0.4, 0.5) is 0 Å². The zero-order valence-electron chi connectivity index (χ0n) is 11.7. The molecule has 1 aliphatic rings. The second kappa shape index (κ2) is 5.98. The zero-order valence-corrected chi connectivity index (χ0v) is 12.5. The Labute approximate surface area is 117 Å². The molecule has 1 fully saturated rings. The number of carbonyl (C=O) groups is 1. The highest BCUT2D eigenvalue weighted by molar-refractivity contribution is 7.11. The second-order valence-electron chi connectivity index (χ2n) is 5.10. The first-order chi connectivity index (χ1) is 8.95. The lowest BCUT2D eigenvalue weighted by Gasteiger charge is -2.19. The molecule has 0 aromatic carbocycles. The molecule has 1 N–H and O–H groups in total. The number of amides is 1. The Balaban J connectivity index is 1.99. The summed E-state index contributed by atoms with van der Waals surface area (Å²) in [6, 6.07) is 0. The fourth-order valence-corrected chi connectivity index (χ4v) is 3.26. The van der Waals surface area contributed by atoms with Gasteiger partial charge in [-0.15, -0.1) is 11.3 Å². The van der Waals surface area contributed by atoms with Crippen molar-refractivity contribution in [2.45, 2.75) is 33.4 Å². The van der Waals surface area contributed by atoms with Gasteiger partial charge in [-0.3, -0.25) is 9.69 Å². The van der Waals surface area contributed by atoms with Crippen molar-refractivity contribution >= 4 is 17.2 Å². The first-order valence-corrected chi connectivity index (χ1v) is 7.36. The van der Waals surface area contributed by atoms with Crippen LogP contribution >= 0.6 is 11.3 Å². The highest BCUT2D eigenvalue weighted by Crippen LogP contribution is 2.18. The van der Waals surface area contributed by atoms with Crippen molar-refractivity contribution in [3.05, 3.63) is 15.6 Å².